The van der Waals surface area contributed by atoms with Crippen LogP contribution < -0.4 is 11.1 Å². The van der Waals surface area contributed by atoms with Gasteiger partial charge in [-0.2, -0.15) is 13.2 Å². The molecule has 0 spiro atoms. The maximum absolute atomic E-state index is 11.8. The Labute approximate surface area is 97.1 Å². The first-order valence-electron chi connectivity index (χ1n) is 4.62. The van der Waals surface area contributed by atoms with Gasteiger partial charge in [-0.3, -0.25) is 4.79 Å². The van der Waals surface area contributed by atoms with Crippen LogP contribution in [0.2, 0.25) is 0 Å². The summed E-state index contributed by atoms with van der Waals surface area (Å²) < 4.78 is 40.4. The van der Waals surface area contributed by atoms with Crippen molar-refractivity contribution < 1.29 is 22.7 Å². The second-order valence-electron chi connectivity index (χ2n) is 3.39. The number of nitrogens with two attached hydrogens (primary N) is 1. The normalized spacial score (nSPS) is 25.0. The van der Waals surface area contributed by atoms with Gasteiger partial charge < -0.3 is 15.8 Å². The summed E-state index contributed by atoms with van der Waals surface area (Å²) in [4.78, 5) is 11.2. The molecule has 0 bridgehead atoms. The fourth-order valence-electron chi connectivity index (χ4n) is 1.37. The average molecular weight is 263 g/mol. The molecule has 1 saturated heterocycles. The van der Waals surface area contributed by atoms with Gasteiger partial charge >= 0.3 is 6.18 Å². The number of carbonyl (C=O) groups is 1. The molecule has 1 aliphatic rings. The number of nitrogens with one attached hydrogen (secondary N) is 1. The minimum Gasteiger partial charge on any atom is -0.364 e. The molecule has 0 aliphatic carbocycles. The Morgan fingerprint density at radius 3 is 2.50 bits per heavy atom. The summed E-state index contributed by atoms with van der Waals surface area (Å²) in [6.07, 6.45) is -4.36. The van der Waals surface area contributed by atoms with Gasteiger partial charge in [-0.05, 0) is 12.8 Å². The van der Waals surface area contributed by atoms with Crippen LogP contribution in [0.15, 0.2) is 0 Å². The van der Waals surface area contributed by atoms with Crippen molar-refractivity contribution >= 4 is 18.3 Å². The summed E-state index contributed by atoms with van der Waals surface area (Å²) in [6.45, 7) is -1.04. The largest absolute Gasteiger partial charge is 0.405 e. The van der Waals surface area contributed by atoms with Crippen LogP contribution in [0.1, 0.15) is 12.8 Å². The maximum atomic E-state index is 11.8. The number of rotatable bonds is 3. The Morgan fingerprint density at radius 2 is 2.06 bits per heavy atom. The molecule has 1 amide bonds. The SMILES string of the molecule is Cl.NC[C@H]1CC[C@@H](C(=O)NCC(F)(F)F)O1. The lowest BCUT2D eigenvalue weighted by molar-refractivity contribution is -0.145. The molecule has 16 heavy (non-hydrogen) atoms. The highest BCUT2D eigenvalue weighted by Crippen LogP contribution is 2.19. The second-order valence-corrected chi connectivity index (χ2v) is 3.39. The first-order chi connectivity index (χ1) is 6.92. The molecule has 3 N–H and O–H groups in total. The van der Waals surface area contributed by atoms with E-state index in [1.165, 1.54) is 0 Å². The summed E-state index contributed by atoms with van der Waals surface area (Å²) >= 11 is 0. The Hall–Kier alpha value is -0.530. The number of hydrogen-bond donors (Lipinski definition) is 2. The van der Waals surface area contributed by atoms with Gasteiger partial charge in [0.2, 0.25) is 5.91 Å². The summed E-state index contributed by atoms with van der Waals surface area (Å²) in [5.41, 5.74) is 5.30. The van der Waals surface area contributed by atoms with Crippen molar-refractivity contribution in [3.8, 4) is 0 Å². The monoisotopic (exact) mass is 262 g/mol. The quantitative estimate of drug-likeness (QED) is 0.783. The van der Waals surface area contributed by atoms with E-state index >= 15 is 0 Å². The predicted molar refractivity (Wildman–Crippen MR) is 53.3 cm³/mol. The molecule has 2 atom stereocenters. The van der Waals surface area contributed by atoms with Crippen molar-refractivity contribution in [3.05, 3.63) is 0 Å². The van der Waals surface area contributed by atoms with E-state index < -0.39 is 24.7 Å². The van der Waals surface area contributed by atoms with Crippen molar-refractivity contribution in [2.45, 2.75) is 31.2 Å². The fraction of sp³-hybridized carbons (Fsp3) is 0.875. The van der Waals surface area contributed by atoms with E-state index in [0.717, 1.165) is 0 Å². The predicted octanol–water partition coefficient (Wildman–Crippen LogP) is 0.593. The third-order valence-corrected chi connectivity index (χ3v) is 2.13. The van der Waals surface area contributed by atoms with Gasteiger partial charge in [-0.1, -0.05) is 0 Å². The van der Waals surface area contributed by atoms with Crippen LogP contribution in [0.3, 0.4) is 0 Å². The first kappa shape index (κ1) is 15.5. The smallest absolute Gasteiger partial charge is 0.364 e. The van der Waals surface area contributed by atoms with E-state index in [9.17, 15) is 18.0 Å². The third kappa shape index (κ3) is 5.00. The summed E-state index contributed by atoms with van der Waals surface area (Å²) in [5.74, 6) is -0.719. The summed E-state index contributed by atoms with van der Waals surface area (Å²) in [7, 11) is 0. The molecule has 0 saturated carbocycles. The Balaban J connectivity index is 0.00000225. The van der Waals surface area contributed by atoms with Crippen molar-refractivity contribution in [1.29, 1.82) is 0 Å². The highest BCUT2D eigenvalue weighted by molar-refractivity contribution is 5.85. The zero-order valence-corrected chi connectivity index (χ0v) is 9.24. The van der Waals surface area contributed by atoms with Crippen LogP contribution in [0, 0.1) is 0 Å². The lowest BCUT2D eigenvalue weighted by Crippen LogP contribution is -2.40. The Bertz CT molecular complexity index is 238. The molecule has 1 aliphatic heterocycles. The molecule has 8 heteroatoms. The topological polar surface area (TPSA) is 64.4 Å². The highest BCUT2D eigenvalue weighted by Gasteiger charge is 2.33. The number of alkyl halides is 3. The molecule has 4 nitrogen and oxygen atoms in total. The molecular formula is C8H14ClF3N2O2. The van der Waals surface area contributed by atoms with Gasteiger partial charge in [0.05, 0.1) is 6.10 Å². The number of ether oxygens (including phenoxy) is 1. The molecule has 0 unspecified atom stereocenters. The molecule has 0 aromatic heterocycles. The summed E-state index contributed by atoms with van der Waals surface area (Å²) in [5, 5.41) is 1.78. The van der Waals surface area contributed by atoms with Gasteiger partial charge in [0, 0.05) is 6.54 Å². The zero-order valence-electron chi connectivity index (χ0n) is 8.42. The zero-order chi connectivity index (χ0) is 11.5. The van der Waals surface area contributed by atoms with E-state index in [1.54, 1.807) is 5.32 Å². The second kappa shape index (κ2) is 6.27. The summed E-state index contributed by atoms with van der Waals surface area (Å²) in [6, 6.07) is 0. The standard InChI is InChI=1S/C8H13F3N2O2.ClH/c9-8(10,11)4-13-7(14)6-2-1-5(3-12)15-6;/h5-6H,1-4,12H2,(H,13,14);1H/t5-,6+;/m1./s1. The average Bonchev–Trinajstić information content (AvgIpc) is 2.61. The fourth-order valence-corrected chi connectivity index (χ4v) is 1.37. The maximum Gasteiger partial charge on any atom is 0.405 e. The van der Waals surface area contributed by atoms with Crippen LogP contribution >= 0.6 is 12.4 Å². The van der Waals surface area contributed by atoms with Gasteiger partial charge in [-0.15, -0.1) is 12.4 Å². The molecule has 0 radical (unpaired) electrons. The lowest BCUT2D eigenvalue weighted by atomic mass is 10.2. The van der Waals surface area contributed by atoms with Gasteiger partial charge in [0.15, 0.2) is 0 Å². The molecule has 0 aromatic rings. The minimum atomic E-state index is -4.39. The van der Waals surface area contributed by atoms with E-state index in [0.29, 0.717) is 12.8 Å². The molecule has 0 aromatic carbocycles. The van der Waals surface area contributed by atoms with E-state index in [1.807, 2.05) is 0 Å². The van der Waals surface area contributed by atoms with Crippen LogP contribution in [-0.2, 0) is 9.53 Å². The minimum absolute atomic E-state index is 0. The van der Waals surface area contributed by atoms with Crippen molar-refractivity contribution in [2.24, 2.45) is 5.73 Å². The van der Waals surface area contributed by atoms with Gasteiger partial charge in [-0.25, -0.2) is 0 Å². The highest BCUT2D eigenvalue weighted by atomic mass is 35.5. The van der Waals surface area contributed by atoms with Gasteiger partial charge in [0.1, 0.15) is 12.6 Å². The van der Waals surface area contributed by atoms with Crippen LogP contribution in [0.5, 0.6) is 0 Å². The van der Waals surface area contributed by atoms with Crippen LogP contribution in [-0.4, -0.2) is 37.4 Å². The number of carbonyl (C=O) groups excluding carboxylic acids is 1. The van der Waals surface area contributed by atoms with Crippen LogP contribution in [0.25, 0.3) is 0 Å². The number of halogens is 4. The number of hydrogen-bond acceptors (Lipinski definition) is 3. The molecule has 1 rings (SSSR count). The van der Waals surface area contributed by atoms with E-state index in [2.05, 4.69) is 0 Å². The van der Waals surface area contributed by atoms with E-state index in [-0.39, 0.29) is 25.1 Å². The van der Waals surface area contributed by atoms with Crippen molar-refractivity contribution in [1.82, 2.24) is 5.32 Å². The molecular weight excluding hydrogens is 249 g/mol. The molecule has 1 fully saturated rings. The first-order valence-corrected chi connectivity index (χ1v) is 4.62. The lowest BCUT2D eigenvalue weighted by Gasteiger charge is -2.13. The molecule has 96 valence electrons. The van der Waals surface area contributed by atoms with Gasteiger partial charge in [0.25, 0.3) is 0 Å². The Morgan fingerprint density at radius 1 is 1.44 bits per heavy atom. The Kier molecular flexibility index (Phi) is 6.06. The molecule has 1 heterocycles. The third-order valence-electron chi connectivity index (χ3n) is 2.13. The van der Waals surface area contributed by atoms with Crippen LogP contribution in [0.4, 0.5) is 13.2 Å². The van der Waals surface area contributed by atoms with Crippen molar-refractivity contribution in [2.75, 3.05) is 13.1 Å². The van der Waals surface area contributed by atoms with Crippen molar-refractivity contribution in [3.63, 3.8) is 0 Å². The van der Waals surface area contributed by atoms with E-state index in [4.69, 9.17) is 10.5 Å². The number of amides is 1.